The minimum Gasteiger partial charge on any atom is -0.299 e. The molecular weight excluding hydrogens is 172 g/mol. The van der Waals surface area contributed by atoms with Gasteiger partial charge in [-0.05, 0) is 38.0 Å². The number of fused-ring (bicyclic) bond motifs is 2. The van der Waals surface area contributed by atoms with Crippen molar-refractivity contribution in [3.05, 3.63) is 0 Å². The van der Waals surface area contributed by atoms with Crippen LogP contribution in [0, 0.1) is 29.6 Å². The Kier molecular flexibility index (Phi) is 2.91. The molecule has 0 N–H and O–H groups in total. The lowest BCUT2D eigenvalue weighted by atomic mass is 9.84. The molecule has 0 aliphatic heterocycles. The van der Waals surface area contributed by atoms with Gasteiger partial charge in [0, 0.05) is 18.8 Å². The third-order valence-corrected chi connectivity index (χ3v) is 3.82. The van der Waals surface area contributed by atoms with Crippen molar-refractivity contribution in [2.75, 3.05) is 0 Å². The number of hydrogen-bond acceptors (Lipinski definition) is 1. The zero-order valence-electron chi connectivity index (χ0n) is 8.88. The smallest absolute Gasteiger partial charge is 0.137 e. The van der Waals surface area contributed by atoms with Gasteiger partial charge >= 0.3 is 0 Å². The van der Waals surface area contributed by atoms with E-state index in [9.17, 15) is 4.79 Å². The van der Waals surface area contributed by atoms with Gasteiger partial charge in [0.2, 0.25) is 0 Å². The topological polar surface area (TPSA) is 17.1 Å². The molecule has 3 atom stereocenters. The minimum atomic E-state index is 0.410. The highest BCUT2D eigenvalue weighted by atomic mass is 16.1. The average molecular weight is 190 g/mol. The Balaban J connectivity index is 1.83. The molecule has 2 bridgehead atoms. The molecule has 0 saturated heterocycles. The van der Waals surface area contributed by atoms with Crippen LogP contribution in [0.25, 0.3) is 0 Å². The molecule has 0 spiro atoms. The number of ketones is 1. The maximum atomic E-state index is 11.8. The fourth-order valence-corrected chi connectivity index (χ4v) is 3.14. The van der Waals surface area contributed by atoms with Crippen molar-refractivity contribution in [1.82, 2.24) is 0 Å². The third-order valence-electron chi connectivity index (χ3n) is 3.82. The molecule has 0 aromatic rings. The summed E-state index contributed by atoms with van der Waals surface area (Å²) in [6.45, 7) is 1.84. The van der Waals surface area contributed by atoms with Crippen LogP contribution in [0.1, 0.15) is 45.4 Å². The van der Waals surface area contributed by atoms with E-state index >= 15 is 0 Å². The standard InChI is InChI=1S/C13H18O/c1-2-3-4-5-13(14)12-9-10-6-7-11(12)8-10/h10-12H,4-9H2,1H3. The summed E-state index contributed by atoms with van der Waals surface area (Å²) in [7, 11) is 0. The van der Waals surface area contributed by atoms with E-state index in [-0.39, 0.29) is 0 Å². The van der Waals surface area contributed by atoms with E-state index in [1.807, 2.05) is 6.92 Å². The molecule has 2 aliphatic carbocycles. The van der Waals surface area contributed by atoms with Crippen LogP contribution in [0.4, 0.5) is 0 Å². The summed E-state index contributed by atoms with van der Waals surface area (Å²) in [6.07, 6.45) is 6.65. The van der Waals surface area contributed by atoms with E-state index in [4.69, 9.17) is 0 Å². The Morgan fingerprint density at radius 3 is 2.79 bits per heavy atom. The molecule has 1 heteroatoms. The van der Waals surface area contributed by atoms with Gasteiger partial charge in [-0.2, -0.15) is 0 Å². The maximum absolute atomic E-state index is 11.8. The summed E-state index contributed by atoms with van der Waals surface area (Å²) in [5.41, 5.74) is 0. The molecule has 2 rings (SSSR count). The monoisotopic (exact) mass is 190 g/mol. The summed E-state index contributed by atoms with van der Waals surface area (Å²) in [4.78, 5) is 11.8. The SMILES string of the molecule is CC#CCCC(=O)C1CC2CCC1C2. The molecule has 14 heavy (non-hydrogen) atoms. The molecule has 0 aromatic heterocycles. The molecule has 3 unspecified atom stereocenters. The van der Waals surface area contributed by atoms with Crippen molar-refractivity contribution in [2.24, 2.45) is 17.8 Å². The lowest BCUT2D eigenvalue weighted by Gasteiger charge is -2.19. The number of carbonyl (C=O) groups is 1. The molecule has 2 saturated carbocycles. The lowest BCUT2D eigenvalue weighted by molar-refractivity contribution is -0.124. The van der Waals surface area contributed by atoms with Crippen molar-refractivity contribution in [3.8, 4) is 11.8 Å². The van der Waals surface area contributed by atoms with Crippen LogP contribution in [0.15, 0.2) is 0 Å². The fourth-order valence-electron chi connectivity index (χ4n) is 3.14. The summed E-state index contributed by atoms with van der Waals surface area (Å²) in [6, 6.07) is 0. The fraction of sp³-hybridized carbons (Fsp3) is 0.769. The predicted octanol–water partition coefficient (Wildman–Crippen LogP) is 2.80. The second-order valence-corrected chi connectivity index (χ2v) is 4.67. The number of rotatable bonds is 3. The van der Waals surface area contributed by atoms with Gasteiger partial charge in [-0.25, -0.2) is 0 Å². The first-order valence-corrected chi connectivity index (χ1v) is 5.73. The molecule has 76 valence electrons. The molecule has 0 aromatic carbocycles. The first kappa shape index (κ1) is 9.77. The predicted molar refractivity (Wildman–Crippen MR) is 56.6 cm³/mol. The zero-order chi connectivity index (χ0) is 9.97. The van der Waals surface area contributed by atoms with E-state index in [1.165, 1.54) is 25.7 Å². The lowest BCUT2D eigenvalue weighted by Crippen LogP contribution is -2.20. The van der Waals surface area contributed by atoms with Gasteiger partial charge < -0.3 is 0 Å². The quantitative estimate of drug-likeness (QED) is 0.625. The number of hydrogen-bond donors (Lipinski definition) is 0. The summed E-state index contributed by atoms with van der Waals surface area (Å²) >= 11 is 0. The second kappa shape index (κ2) is 4.17. The summed E-state index contributed by atoms with van der Waals surface area (Å²) in [5.74, 6) is 8.34. The van der Waals surface area contributed by atoms with E-state index in [0.717, 1.165) is 18.3 Å². The summed E-state index contributed by atoms with van der Waals surface area (Å²) < 4.78 is 0. The van der Waals surface area contributed by atoms with E-state index in [1.54, 1.807) is 0 Å². The Hall–Kier alpha value is -0.770. The molecule has 0 amide bonds. The van der Waals surface area contributed by atoms with Crippen molar-refractivity contribution < 1.29 is 4.79 Å². The van der Waals surface area contributed by atoms with Crippen molar-refractivity contribution in [1.29, 1.82) is 0 Å². The van der Waals surface area contributed by atoms with Crippen LogP contribution < -0.4 is 0 Å². The third kappa shape index (κ3) is 1.85. The molecule has 2 aliphatic rings. The Labute approximate surface area is 86.3 Å². The zero-order valence-corrected chi connectivity index (χ0v) is 8.88. The van der Waals surface area contributed by atoms with Crippen LogP contribution in [-0.2, 0) is 4.79 Å². The highest BCUT2D eigenvalue weighted by Crippen LogP contribution is 2.48. The normalized spacial score (nSPS) is 33.9. The largest absolute Gasteiger partial charge is 0.299 e. The Bertz CT molecular complexity index is 281. The Morgan fingerprint density at radius 1 is 1.36 bits per heavy atom. The van der Waals surface area contributed by atoms with Gasteiger partial charge in [0.05, 0.1) is 0 Å². The van der Waals surface area contributed by atoms with E-state index < -0.39 is 0 Å². The molecule has 0 radical (unpaired) electrons. The first-order chi connectivity index (χ1) is 6.81. The Morgan fingerprint density at radius 2 is 2.21 bits per heavy atom. The van der Waals surface area contributed by atoms with Crippen LogP contribution in [0.3, 0.4) is 0 Å². The number of Topliss-reactive ketones (excluding diaryl/α,β-unsaturated/α-hetero) is 1. The molecule has 1 nitrogen and oxygen atoms in total. The number of carbonyl (C=O) groups excluding carboxylic acids is 1. The van der Waals surface area contributed by atoms with Gasteiger partial charge in [-0.15, -0.1) is 11.8 Å². The molecule has 0 heterocycles. The maximum Gasteiger partial charge on any atom is 0.137 e. The van der Waals surface area contributed by atoms with Crippen molar-refractivity contribution in [3.63, 3.8) is 0 Å². The van der Waals surface area contributed by atoms with Gasteiger partial charge in [0.1, 0.15) is 5.78 Å². The van der Waals surface area contributed by atoms with Crippen molar-refractivity contribution in [2.45, 2.75) is 45.4 Å². The molecular formula is C13H18O. The van der Waals surface area contributed by atoms with Crippen LogP contribution in [-0.4, -0.2) is 5.78 Å². The van der Waals surface area contributed by atoms with E-state index in [0.29, 0.717) is 18.1 Å². The van der Waals surface area contributed by atoms with Crippen LogP contribution in [0.2, 0.25) is 0 Å². The van der Waals surface area contributed by atoms with Gasteiger partial charge in [-0.3, -0.25) is 4.79 Å². The highest BCUT2D eigenvalue weighted by Gasteiger charge is 2.42. The van der Waals surface area contributed by atoms with Gasteiger partial charge in [0.15, 0.2) is 0 Å². The van der Waals surface area contributed by atoms with Gasteiger partial charge in [0.25, 0.3) is 0 Å². The summed E-state index contributed by atoms with van der Waals surface area (Å²) in [5, 5.41) is 0. The second-order valence-electron chi connectivity index (χ2n) is 4.67. The molecule has 2 fully saturated rings. The van der Waals surface area contributed by atoms with E-state index in [2.05, 4.69) is 11.8 Å². The minimum absolute atomic E-state index is 0.410. The van der Waals surface area contributed by atoms with Crippen LogP contribution >= 0.6 is 0 Å². The van der Waals surface area contributed by atoms with Gasteiger partial charge in [-0.1, -0.05) is 6.42 Å². The average Bonchev–Trinajstić information content (AvgIpc) is 2.79. The highest BCUT2D eigenvalue weighted by molar-refractivity contribution is 5.82. The van der Waals surface area contributed by atoms with Crippen molar-refractivity contribution >= 4 is 5.78 Å². The first-order valence-electron chi connectivity index (χ1n) is 5.73. The van der Waals surface area contributed by atoms with Crippen LogP contribution in [0.5, 0.6) is 0 Å².